The SMILES string of the molecule is COC(=O)N(C)c1ccc(NC(=O)c2ncoc2C2CCCN2)cc1. The van der Waals surface area contributed by atoms with Gasteiger partial charge >= 0.3 is 6.09 Å². The van der Waals surface area contributed by atoms with Gasteiger partial charge in [-0.25, -0.2) is 9.78 Å². The van der Waals surface area contributed by atoms with Crippen molar-refractivity contribution in [1.29, 1.82) is 0 Å². The lowest BCUT2D eigenvalue weighted by molar-refractivity contribution is 0.102. The molecule has 8 heteroatoms. The standard InChI is InChI=1S/C17H20N4O4/c1-21(17(23)24-2)12-7-5-11(6-8-12)20-16(22)14-15(25-10-19-14)13-4-3-9-18-13/h5-8,10,13,18H,3-4,9H2,1-2H3,(H,20,22). The van der Waals surface area contributed by atoms with Crippen molar-refractivity contribution in [2.24, 2.45) is 0 Å². The molecule has 1 aromatic carbocycles. The van der Waals surface area contributed by atoms with Gasteiger partial charge in [-0.2, -0.15) is 0 Å². The Labute approximate surface area is 145 Å². The van der Waals surface area contributed by atoms with Crippen molar-refractivity contribution in [2.75, 3.05) is 30.9 Å². The molecule has 3 rings (SSSR count). The predicted molar refractivity (Wildman–Crippen MR) is 91.7 cm³/mol. The number of amides is 2. The van der Waals surface area contributed by atoms with Gasteiger partial charge in [0.15, 0.2) is 17.8 Å². The molecule has 1 fully saturated rings. The zero-order chi connectivity index (χ0) is 17.8. The Balaban J connectivity index is 1.69. The molecule has 1 atom stereocenters. The first kappa shape index (κ1) is 17.0. The van der Waals surface area contributed by atoms with Crippen LogP contribution in [0.15, 0.2) is 35.1 Å². The van der Waals surface area contributed by atoms with Gasteiger partial charge in [-0.15, -0.1) is 0 Å². The predicted octanol–water partition coefficient (Wildman–Crippen LogP) is 2.55. The van der Waals surface area contributed by atoms with Crippen LogP contribution in [-0.4, -0.2) is 37.7 Å². The quantitative estimate of drug-likeness (QED) is 0.885. The van der Waals surface area contributed by atoms with E-state index >= 15 is 0 Å². The van der Waals surface area contributed by atoms with Gasteiger partial charge in [0.1, 0.15) is 0 Å². The maximum atomic E-state index is 12.5. The average Bonchev–Trinajstić information content (AvgIpc) is 3.31. The maximum absolute atomic E-state index is 12.5. The molecule has 2 amide bonds. The summed E-state index contributed by atoms with van der Waals surface area (Å²) in [5.41, 5.74) is 1.54. The van der Waals surface area contributed by atoms with Gasteiger partial charge in [0, 0.05) is 18.4 Å². The summed E-state index contributed by atoms with van der Waals surface area (Å²) >= 11 is 0. The van der Waals surface area contributed by atoms with Crippen LogP contribution in [0.5, 0.6) is 0 Å². The normalized spacial score (nSPS) is 16.5. The number of nitrogens with one attached hydrogen (secondary N) is 2. The van der Waals surface area contributed by atoms with Crippen LogP contribution in [-0.2, 0) is 4.74 Å². The molecule has 2 aromatic rings. The molecule has 1 saturated heterocycles. The molecule has 8 nitrogen and oxygen atoms in total. The van der Waals surface area contributed by atoms with Gasteiger partial charge in [0.05, 0.1) is 13.2 Å². The molecule has 1 aromatic heterocycles. The summed E-state index contributed by atoms with van der Waals surface area (Å²) in [5.74, 6) is 0.239. The highest BCUT2D eigenvalue weighted by atomic mass is 16.5. The van der Waals surface area contributed by atoms with E-state index in [-0.39, 0.29) is 17.6 Å². The molecular weight excluding hydrogens is 324 g/mol. The summed E-state index contributed by atoms with van der Waals surface area (Å²) < 4.78 is 10.1. The number of oxazole rings is 1. The lowest BCUT2D eigenvalue weighted by Gasteiger charge is -2.16. The number of benzene rings is 1. The molecule has 1 aliphatic heterocycles. The number of carbonyl (C=O) groups is 2. The van der Waals surface area contributed by atoms with Gasteiger partial charge in [-0.3, -0.25) is 9.69 Å². The van der Waals surface area contributed by atoms with Gasteiger partial charge in [-0.05, 0) is 43.7 Å². The third-order valence-corrected chi connectivity index (χ3v) is 4.15. The lowest BCUT2D eigenvalue weighted by atomic mass is 10.1. The Hall–Kier alpha value is -2.87. The topological polar surface area (TPSA) is 96.7 Å². The van der Waals surface area contributed by atoms with E-state index in [2.05, 4.69) is 20.4 Å². The highest BCUT2D eigenvalue weighted by Gasteiger charge is 2.26. The van der Waals surface area contributed by atoms with E-state index in [0.717, 1.165) is 19.4 Å². The Morgan fingerprint density at radius 2 is 2.12 bits per heavy atom. The average molecular weight is 344 g/mol. The Kier molecular flexibility index (Phi) is 4.99. The minimum atomic E-state index is -0.465. The number of hydrogen-bond donors (Lipinski definition) is 2. The molecule has 0 bridgehead atoms. The van der Waals surface area contributed by atoms with Crippen molar-refractivity contribution in [3.05, 3.63) is 42.1 Å². The van der Waals surface area contributed by atoms with Gasteiger partial charge < -0.3 is 19.8 Å². The Bertz CT molecular complexity index is 750. The lowest BCUT2D eigenvalue weighted by Crippen LogP contribution is -2.25. The van der Waals surface area contributed by atoms with Gasteiger partial charge in [0.25, 0.3) is 5.91 Å². The molecule has 1 unspecified atom stereocenters. The van der Waals surface area contributed by atoms with Crippen LogP contribution in [0.2, 0.25) is 0 Å². The zero-order valence-corrected chi connectivity index (χ0v) is 14.1. The third-order valence-electron chi connectivity index (χ3n) is 4.15. The van der Waals surface area contributed by atoms with E-state index in [1.54, 1.807) is 31.3 Å². The summed E-state index contributed by atoms with van der Waals surface area (Å²) in [6.07, 6.45) is 2.79. The van der Waals surface area contributed by atoms with Crippen LogP contribution in [0.4, 0.5) is 16.2 Å². The van der Waals surface area contributed by atoms with Crippen LogP contribution < -0.4 is 15.5 Å². The molecular formula is C17H20N4O4. The minimum Gasteiger partial charge on any atom is -0.452 e. The van der Waals surface area contributed by atoms with Crippen LogP contribution >= 0.6 is 0 Å². The fourth-order valence-corrected chi connectivity index (χ4v) is 2.78. The number of hydrogen-bond acceptors (Lipinski definition) is 6. The minimum absolute atomic E-state index is 0.0272. The number of methoxy groups -OCH3 is 1. The van der Waals surface area contributed by atoms with Crippen LogP contribution in [0, 0.1) is 0 Å². The third kappa shape index (κ3) is 3.63. The number of anilines is 2. The highest BCUT2D eigenvalue weighted by Crippen LogP contribution is 2.26. The number of rotatable bonds is 4. The molecule has 2 heterocycles. The Morgan fingerprint density at radius 3 is 2.76 bits per heavy atom. The largest absolute Gasteiger partial charge is 0.452 e. The molecule has 1 aliphatic rings. The molecule has 25 heavy (non-hydrogen) atoms. The number of nitrogens with zero attached hydrogens (tertiary/aromatic N) is 2. The van der Waals surface area contributed by atoms with E-state index in [4.69, 9.17) is 4.42 Å². The van der Waals surface area contributed by atoms with Crippen molar-refractivity contribution in [3.8, 4) is 0 Å². The first-order valence-corrected chi connectivity index (χ1v) is 8.00. The summed E-state index contributed by atoms with van der Waals surface area (Å²) in [6.45, 7) is 0.904. The first-order valence-electron chi connectivity index (χ1n) is 8.00. The zero-order valence-electron chi connectivity index (χ0n) is 14.1. The monoisotopic (exact) mass is 344 g/mol. The summed E-state index contributed by atoms with van der Waals surface area (Å²) in [6, 6.07) is 6.88. The van der Waals surface area contributed by atoms with Crippen molar-refractivity contribution in [2.45, 2.75) is 18.9 Å². The molecule has 2 N–H and O–H groups in total. The second kappa shape index (κ2) is 7.35. The summed E-state index contributed by atoms with van der Waals surface area (Å²) in [7, 11) is 2.93. The number of ether oxygens (including phenoxy) is 1. The first-order chi connectivity index (χ1) is 12.1. The fraction of sp³-hybridized carbons (Fsp3) is 0.353. The molecule has 0 aliphatic carbocycles. The van der Waals surface area contributed by atoms with Crippen molar-refractivity contribution in [1.82, 2.24) is 10.3 Å². The van der Waals surface area contributed by atoms with Crippen LogP contribution in [0.3, 0.4) is 0 Å². The van der Waals surface area contributed by atoms with Crippen molar-refractivity contribution < 1.29 is 18.7 Å². The fourth-order valence-electron chi connectivity index (χ4n) is 2.78. The highest BCUT2D eigenvalue weighted by molar-refractivity contribution is 6.03. The second-order valence-electron chi connectivity index (χ2n) is 5.74. The smallest absolute Gasteiger partial charge is 0.413 e. The maximum Gasteiger partial charge on any atom is 0.413 e. The molecule has 0 spiro atoms. The van der Waals surface area contributed by atoms with E-state index in [9.17, 15) is 9.59 Å². The van der Waals surface area contributed by atoms with E-state index in [0.29, 0.717) is 17.1 Å². The Morgan fingerprint density at radius 1 is 1.36 bits per heavy atom. The van der Waals surface area contributed by atoms with E-state index in [1.807, 2.05) is 0 Å². The number of aromatic nitrogens is 1. The summed E-state index contributed by atoms with van der Waals surface area (Å²) in [4.78, 5) is 29.4. The van der Waals surface area contributed by atoms with E-state index in [1.165, 1.54) is 18.4 Å². The molecule has 0 saturated carbocycles. The second-order valence-corrected chi connectivity index (χ2v) is 5.74. The van der Waals surface area contributed by atoms with E-state index < -0.39 is 6.09 Å². The van der Waals surface area contributed by atoms with Crippen LogP contribution in [0.25, 0.3) is 0 Å². The number of carbonyl (C=O) groups excluding carboxylic acids is 2. The molecule has 132 valence electrons. The van der Waals surface area contributed by atoms with Crippen molar-refractivity contribution in [3.63, 3.8) is 0 Å². The van der Waals surface area contributed by atoms with Gasteiger partial charge in [0.2, 0.25) is 0 Å². The van der Waals surface area contributed by atoms with Gasteiger partial charge in [-0.1, -0.05) is 0 Å². The molecule has 0 radical (unpaired) electrons. The van der Waals surface area contributed by atoms with Crippen molar-refractivity contribution >= 4 is 23.4 Å². The van der Waals surface area contributed by atoms with Crippen LogP contribution in [0.1, 0.15) is 35.1 Å². The summed E-state index contributed by atoms with van der Waals surface area (Å²) in [5, 5.41) is 6.08.